The van der Waals surface area contributed by atoms with Gasteiger partial charge in [-0.05, 0) is 78.6 Å². The highest BCUT2D eigenvalue weighted by molar-refractivity contribution is 9.12. The zero-order chi connectivity index (χ0) is 23.4. The first-order valence-corrected chi connectivity index (χ1v) is 12.5. The van der Waals surface area contributed by atoms with Gasteiger partial charge in [0.1, 0.15) is 0 Å². The summed E-state index contributed by atoms with van der Waals surface area (Å²) in [6.45, 7) is 7.14. The molecule has 0 spiro atoms. The minimum atomic E-state index is -0.389. The Morgan fingerprint density at radius 1 is 1.09 bits per heavy atom. The lowest BCUT2D eigenvalue weighted by Gasteiger charge is -2.39. The third-order valence-electron chi connectivity index (χ3n) is 6.80. The molecule has 0 bridgehead atoms. The Morgan fingerprint density at radius 3 is 2.36 bits per heavy atom. The number of halogens is 2. The smallest absolute Gasteiger partial charge is 0.248 e. The van der Waals surface area contributed by atoms with Crippen molar-refractivity contribution in [2.45, 2.75) is 26.2 Å². The molecule has 0 aromatic heterocycles. The molecule has 1 aliphatic carbocycles. The Morgan fingerprint density at radius 2 is 1.76 bits per heavy atom. The van der Waals surface area contributed by atoms with E-state index in [1.54, 1.807) is 12.1 Å². The normalized spacial score (nSPS) is 21.5. The molecule has 2 aliphatic rings. The van der Waals surface area contributed by atoms with Crippen LogP contribution in [-0.2, 0) is 0 Å². The average molecular weight is 527 g/mol. The van der Waals surface area contributed by atoms with Crippen molar-refractivity contribution in [1.29, 1.82) is 0 Å². The first-order valence-electron chi connectivity index (χ1n) is 11.3. The number of piperazine rings is 1. The van der Waals surface area contributed by atoms with Crippen molar-refractivity contribution in [2.24, 2.45) is 11.1 Å². The molecule has 2 aromatic carbocycles. The van der Waals surface area contributed by atoms with Crippen molar-refractivity contribution in [1.82, 2.24) is 4.90 Å². The van der Waals surface area contributed by atoms with Gasteiger partial charge in [0.05, 0.1) is 0 Å². The number of benzene rings is 2. The van der Waals surface area contributed by atoms with E-state index >= 15 is 0 Å². The van der Waals surface area contributed by atoms with Crippen LogP contribution in [0.2, 0.25) is 5.02 Å². The molecule has 4 nitrogen and oxygen atoms in total. The van der Waals surface area contributed by atoms with E-state index in [0.29, 0.717) is 5.56 Å². The number of nitrogens with zero attached hydrogens (tertiary/aromatic N) is 2. The van der Waals surface area contributed by atoms with Gasteiger partial charge in [0, 0.05) is 70.3 Å². The first-order chi connectivity index (χ1) is 15.9. The zero-order valence-corrected chi connectivity index (χ0v) is 21.3. The maximum Gasteiger partial charge on any atom is 0.248 e. The second-order valence-corrected chi connectivity index (χ2v) is 10.1. The quantitative estimate of drug-likeness (QED) is 0.519. The topological polar surface area (TPSA) is 49.6 Å². The van der Waals surface area contributed by atoms with Crippen LogP contribution in [0.5, 0.6) is 0 Å². The molecule has 2 N–H and O–H groups in total. The fourth-order valence-electron chi connectivity index (χ4n) is 4.89. The molecule has 1 fully saturated rings. The number of carbonyl (C=O) groups excluding carboxylic acids is 1. The standard InChI is InChI=1S/C27H29BrClN3O/c1-27(12-13-28)11-10-25(20-2-6-23(29)7-3-20)22(18-27)19-31-14-16-32(17-15-31)24-8-4-21(5-9-24)26(30)33/h2-9H,10-11,14-19H2,1H3,(H2,30,33). The van der Waals surface area contributed by atoms with E-state index in [1.165, 1.54) is 16.7 Å². The number of primary amides is 1. The minimum Gasteiger partial charge on any atom is -0.369 e. The molecule has 0 saturated carbocycles. The summed E-state index contributed by atoms with van der Waals surface area (Å²) in [5.74, 6) is 3.01. The van der Waals surface area contributed by atoms with Crippen LogP contribution in [0.1, 0.15) is 42.1 Å². The summed E-state index contributed by atoms with van der Waals surface area (Å²) in [5.41, 5.74) is 11.3. The van der Waals surface area contributed by atoms with Crippen LogP contribution in [0.3, 0.4) is 0 Å². The van der Waals surface area contributed by atoms with Crippen molar-refractivity contribution in [2.75, 3.05) is 37.6 Å². The molecular weight excluding hydrogens is 498 g/mol. The molecule has 2 aromatic rings. The van der Waals surface area contributed by atoms with Crippen LogP contribution in [0.4, 0.5) is 5.69 Å². The molecule has 1 amide bonds. The van der Waals surface area contributed by atoms with E-state index in [1.807, 2.05) is 24.3 Å². The summed E-state index contributed by atoms with van der Waals surface area (Å²) in [5, 5.41) is 0.770. The van der Waals surface area contributed by atoms with Gasteiger partial charge in [0.25, 0.3) is 0 Å². The monoisotopic (exact) mass is 525 g/mol. The van der Waals surface area contributed by atoms with Crippen molar-refractivity contribution < 1.29 is 4.79 Å². The highest BCUT2D eigenvalue weighted by atomic mass is 79.9. The number of allylic oxidation sites excluding steroid dienone is 1. The Labute approximate surface area is 209 Å². The van der Waals surface area contributed by atoms with Crippen LogP contribution < -0.4 is 10.6 Å². The summed E-state index contributed by atoms with van der Waals surface area (Å²) >= 11 is 9.46. The number of hydrogen-bond donors (Lipinski definition) is 1. The van der Waals surface area contributed by atoms with E-state index in [-0.39, 0.29) is 11.3 Å². The minimum absolute atomic E-state index is 0.00124. The lowest BCUT2D eigenvalue weighted by molar-refractivity contribution is 0.100. The van der Waals surface area contributed by atoms with E-state index in [4.69, 9.17) is 17.3 Å². The predicted molar refractivity (Wildman–Crippen MR) is 141 cm³/mol. The summed E-state index contributed by atoms with van der Waals surface area (Å²) in [4.78, 5) is 19.2. The number of hydrogen-bond acceptors (Lipinski definition) is 3. The Hall–Kier alpha value is -2.26. The van der Waals surface area contributed by atoms with Gasteiger partial charge in [-0.2, -0.15) is 0 Å². The molecule has 6 heteroatoms. The highest BCUT2D eigenvalue weighted by Crippen LogP contribution is 2.43. The highest BCUT2D eigenvalue weighted by Gasteiger charge is 2.31. The number of anilines is 1. The van der Waals surface area contributed by atoms with Crippen molar-refractivity contribution in [3.63, 3.8) is 0 Å². The number of rotatable bonds is 5. The lowest BCUT2D eigenvalue weighted by Crippen LogP contribution is -2.47. The molecule has 1 unspecified atom stereocenters. The number of nitrogens with two attached hydrogens (primary N) is 1. The molecule has 1 saturated heterocycles. The van der Waals surface area contributed by atoms with Gasteiger partial charge in [0.15, 0.2) is 0 Å². The molecule has 4 rings (SSSR count). The second kappa shape index (κ2) is 10.3. The van der Waals surface area contributed by atoms with Crippen LogP contribution in [0, 0.1) is 16.2 Å². The average Bonchev–Trinajstić information content (AvgIpc) is 2.81. The van der Waals surface area contributed by atoms with E-state index < -0.39 is 0 Å². The molecule has 1 aliphatic heterocycles. The summed E-state index contributed by atoms with van der Waals surface area (Å²) in [7, 11) is 0. The molecule has 1 atom stereocenters. The van der Waals surface area contributed by atoms with Crippen LogP contribution >= 0.6 is 27.5 Å². The molecular formula is C27H29BrClN3O. The second-order valence-electron chi connectivity index (χ2n) is 9.22. The van der Waals surface area contributed by atoms with Crippen molar-refractivity contribution in [3.8, 4) is 10.8 Å². The van der Waals surface area contributed by atoms with Gasteiger partial charge in [-0.1, -0.05) is 35.2 Å². The number of amides is 1. The maximum absolute atomic E-state index is 11.3. The van der Waals surface area contributed by atoms with Crippen LogP contribution in [0.15, 0.2) is 54.1 Å². The molecule has 1 heterocycles. The van der Waals surface area contributed by atoms with E-state index in [0.717, 1.165) is 62.7 Å². The number of carbonyl (C=O) groups is 1. The van der Waals surface area contributed by atoms with Gasteiger partial charge >= 0.3 is 0 Å². The largest absolute Gasteiger partial charge is 0.369 e. The van der Waals surface area contributed by atoms with Crippen LogP contribution in [0.25, 0.3) is 5.57 Å². The third kappa shape index (κ3) is 5.81. The lowest BCUT2D eigenvalue weighted by atomic mass is 9.72. The van der Waals surface area contributed by atoms with Gasteiger partial charge in [-0.25, -0.2) is 0 Å². The van der Waals surface area contributed by atoms with Crippen molar-refractivity contribution in [3.05, 3.63) is 70.3 Å². The van der Waals surface area contributed by atoms with Gasteiger partial charge in [-0.3, -0.25) is 9.69 Å². The maximum atomic E-state index is 11.3. The fraction of sp³-hybridized carbons (Fsp3) is 0.370. The van der Waals surface area contributed by atoms with E-state index in [9.17, 15) is 4.79 Å². The van der Waals surface area contributed by atoms with Gasteiger partial charge in [0.2, 0.25) is 5.91 Å². The summed E-state index contributed by atoms with van der Waals surface area (Å²) in [6, 6.07) is 15.8. The van der Waals surface area contributed by atoms with Gasteiger partial charge in [-0.15, -0.1) is 0 Å². The van der Waals surface area contributed by atoms with Gasteiger partial charge < -0.3 is 10.6 Å². The molecule has 0 radical (unpaired) electrons. The summed E-state index contributed by atoms with van der Waals surface area (Å²) < 4.78 is 0. The van der Waals surface area contributed by atoms with Crippen LogP contribution in [-0.4, -0.2) is 43.5 Å². The first kappa shape index (κ1) is 23.9. The molecule has 33 heavy (non-hydrogen) atoms. The fourth-order valence-corrected chi connectivity index (χ4v) is 5.49. The Kier molecular flexibility index (Phi) is 7.48. The Bertz CT molecular complexity index is 1090. The van der Waals surface area contributed by atoms with E-state index in [2.05, 4.69) is 55.5 Å². The third-order valence-corrected chi connectivity index (χ3v) is 7.25. The molecule has 172 valence electrons. The predicted octanol–water partition coefficient (Wildman–Crippen LogP) is 5.56. The van der Waals surface area contributed by atoms with Crippen molar-refractivity contribution >= 4 is 44.7 Å². The Balaban J connectivity index is 1.48. The summed E-state index contributed by atoms with van der Waals surface area (Å²) in [6.07, 6.45) is 3.07. The SMILES string of the molecule is CC1(C#CBr)CCC(c2ccc(Cl)cc2)=C(CN2CCN(c3ccc(C(N)=O)cc3)CC2)C1. The zero-order valence-electron chi connectivity index (χ0n) is 18.9.